The largest absolute Gasteiger partial charge is 0.363 e. The third-order valence-corrected chi connectivity index (χ3v) is 1.78. The Balaban J connectivity index is 0. The molecular weight excluding hydrogens is 173 g/mol. The molecule has 0 aromatic heterocycles. The van der Waals surface area contributed by atoms with Crippen LogP contribution in [0, 0.1) is 0 Å². The van der Waals surface area contributed by atoms with Gasteiger partial charge in [-0.05, 0) is 14.1 Å². The summed E-state index contributed by atoms with van der Waals surface area (Å²) < 4.78 is 0. The first kappa shape index (κ1) is 13.1. The van der Waals surface area contributed by atoms with Crippen molar-refractivity contribution in [2.24, 2.45) is 0 Å². The van der Waals surface area contributed by atoms with E-state index in [0.717, 1.165) is 6.42 Å². The first-order valence-electron chi connectivity index (χ1n) is 3.09. The minimum Gasteiger partial charge on any atom is -0.363 e. The molecule has 0 amide bonds. The third-order valence-electron chi connectivity index (χ3n) is 1.25. The van der Waals surface area contributed by atoms with Crippen molar-refractivity contribution in [1.82, 2.24) is 4.90 Å². The van der Waals surface area contributed by atoms with E-state index in [1.54, 1.807) is 19.0 Å². The number of alkyl halides is 1. The zero-order valence-corrected chi connectivity index (χ0v) is 8.17. The van der Waals surface area contributed by atoms with Crippen LogP contribution in [0.15, 0.2) is 0 Å². The smallest absolute Gasteiger partial charge is 0.195 e. The summed E-state index contributed by atoms with van der Waals surface area (Å²) in [5.41, 5.74) is 0. The van der Waals surface area contributed by atoms with Crippen LogP contribution in [0.25, 0.3) is 0 Å². The maximum absolute atomic E-state index is 9.28. The van der Waals surface area contributed by atoms with Gasteiger partial charge in [-0.25, -0.2) is 0 Å². The standard InChI is InChI=1S/C6H14ClNO.ClH/c1-4-5-6(7,9)8(2)3;/h9H,4-5H2,1-3H3;1H. The molecule has 0 saturated heterocycles. The molecule has 0 spiro atoms. The molecule has 0 heterocycles. The Kier molecular flexibility index (Phi) is 6.81. The molecule has 0 radical (unpaired) electrons. The highest BCUT2D eigenvalue weighted by atomic mass is 35.5. The Bertz CT molecular complexity index is 85.8. The lowest BCUT2D eigenvalue weighted by atomic mass is 10.3. The van der Waals surface area contributed by atoms with Gasteiger partial charge in [-0.3, -0.25) is 4.90 Å². The van der Waals surface area contributed by atoms with Crippen molar-refractivity contribution < 1.29 is 5.11 Å². The minimum absolute atomic E-state index is 0. The molecule has 0 bridgehead atoms. The highest BCUT2D eigenvalue weighted by Crippen LogP contribution is 2.19. The van der Waals surface area contributed by atoms with Gasteiger partial charge >= 0.3 is 0 Å². The highest BCUT2D eigenvalue weighted by molar-refractivity contribution is 6.22. The monoisotopic (exact) mass is 187 g/mol. The number of hydrogen-bond acceptors (Lipinski definition) is 2. The Morgan fingerprint density at radius 3 is 2.00 bits per heavy atom. The quantitative estimate of drug-likeness (QED) is 0.413. The molecule has 0 saturated carbocycles. The van der Waals surface area contributed by atoms with Crippen LogP contribution in [0.3, 0.4) is 0 Å². The molecule has 1 unspecified atom stereocenters. The molecule has 64 valence electrons. The summed E-state index contributed by atoms with van der Waals surface area (Å²) in [7, 11) is 3.51. The van der Waals surface area contributed by atoms with Crippen LogP contribution < -0.4 is 0 Å². The van der Waals surface area contributed by atoms with Gasteiger partial charge in [0.25, 0.3) is 0 Å². The molecule has 0 aliphatic carbocycles. The third kappa shape index (κ3) is 4.34. The van der Waals surface area contributed by atoms with Crippen LogP contribution in [0.2, 0.25) is 0 Å². The fourth-order valence-corrected chi connectivity index (χ4v) is 0.731. The number of halogens is 2. The summed E-state index contributed by atoms with van der Waals surface area (Å²) in [6.07, 6.45) is 1.49. The molecule has 0 aliphatic rings. The van der Waals surface area contributed by atoms with Crippen molar-refractivity contribution in [2.45, 2.75) is 24.9 Å². The molecule has 0 rings (SSSR count). The Morgan fingerprint density at radius 1 is 1.50 bits per heavy atom. The van der Waals surface area contributed by atoms with Gasteiger partial charge in [-0.15, -0.1) is 12.4 Å². The zero-order valence-electron chi connectivity index (χ0n) is 6.59. The van der Waals surface area contributed by atoms with Crippen molar-refractivity contribution in [1.29, 1.82) is 0 Å². The van der Waals surface area contributed by atoms with Crippen molar-refractivity contribution in [3.63, 3.8) is 0 Å². The van der Waals surface area contributed by atoms with E-state index in [-0.39, 0.29) is 12.4 Å². The van der Waals surface area contributed by atoms with E-state index in [2.05, 4.69) is 0 Å². The number of hydrogen-bond donors (Lipinski definition) is 1. The zero-order chi connectivity index (χ0) is 7.49. The second kappa shape index (κ2) is 5.19. The fraction of sp³-hybridized carbons (Fsp3) is 1.00. The second-order valence-electron chi connectivity index (χ2n) is 2.36. The molecule has 2 nitrogen and oxygen atoms in total. The summed E-state index contributed by atoms with van der Waals surface area (Å²) in [5.74, 6) is 0. The van der Waals surface area contributed by atoms with Gasteiger partial charge in [0.1, 0.15) is 0 Å². The Hall–Kier alpha value is 0.500. The summed E-state index contributed by atoms with van der Waals surface area (Å²) >= 11 is 5.65. The van der Waals surface area contributed by atoms with Crippen LogP contribution in [-0.4, -0.2) is 29.3 Å². The van der Waals surface area contributed by atoms with Crippen LogP contribution in [0.5, 0.6) is 0 Å². The fourth-order valence-electron chi connectivity index (χ4n) is 0.542. The second-order valence-corrected chi connectivity index (χ2v) is 2.97. The summed E-state index contributed by atoms with van der Waals surface area (Å²) in [5, 5.41) is 8.14. The summed E-state index contributed by atoms with van der Waals surface area (Å²) in [6.45, 7) is 1.98. The first-order chi connectivity index (χ1) is 4.00. The van der Waals surface area contributed by atoms with Gasteiger partial charge in [0, 0.05) is 6.42 Å². The maximum Gasteiger partial charge on any atom is 0.195 e. The van der Waals surface area contributed by atoms with Gasteiger partial charge in [-0.2, -0.15) is 0 Å². The predicted octanol–water partition coefficient (Wildman–Crippen LogP) is 1.65. The van der Waals surface area contributed by atoms with Gasteiger partial charge in [-0.1, -0.05) is 24.9 Å². The molecule has 10 heavy (non-hydrogen) atoms. The molecule has 0 fully saturated rings. The predicted molar refractivity (Wildman–Crippen MR) is 46.6 cm³/mol. The normalized spacial score (nSPS) is 16.2. The van der Waals surface area contributed by atoms with E-state index in [1.165, 1.54) is 0 Å². The van der Waals surface area contributed by atoms with Crippen LogP contribution >= 0.6 is 24.0 Å². The lowest BCUT2D eigenvalue weighted by molar-refractivity contribution is -0.0110. The lowest BCUT2D eigenvalue weighted by Crippen LogP contribution is -2.38. The topological polar surface area (TPSA) is 23.5 Å². The summed E-state index contributed by atoms with van der Waals surface area (Å²) in [6, 6.07) is 0. The average molecular weight is 188 g/mol. The van der Waals surface area contributed by atoms with Crippen LogP contribution in [-0.2, 0) is 0 Å². The molecule has 1 atom stereocenters. The van der Waals surface area contributed by atoms with E-state index in [9.17, 15) is 5.11 Å². The van der Waals surface area contributed by atoms with Crippen molar-refractivity contribution in [3.05, 3.63) is 0 Å². The Labute approximate surface area is 73.6 Å². The summed E-state index contributed by atoms with van der Waals surface area (Å²) in [4.78, 5) is 1.60. The SMILES string of the molecule is CCCC(O)(Cl)N(C)C.Cl. The molecule has 1 N–H and O–H groups in total. The Morgan fingerprint density at radius 2 is 1.90 bits per heavy atom. The first-order valence-corrected chi connectivity index (χ1v) is 3.47. The molecule has 0 aliphatic heterocycles. The molecule has 4 heteroatoms. The van der Waals surface area contributed by atoms with Crippen LogP contribution in [0.1, 0.15) is 19.8 Å². The number of rotatable bonds is 3. The van der Waals surface area contributed by atoms with Crippen molar-refractivity contribution in [2.75, 3.05) is 14.1 Å². The average Bonchev–Trinajstić information content (AvgIpc) is 1.65. The van der Waals surface area contributed by atoms with E-state index < -0.39 is 5.18 Å². The van der Waals surface area contributed by atoms with Gasteiger partial charge in [0.05, 0.1) is 0 Å². The molecule has 0 aromatic carbocycles. The number of nitrogens with zero attached hydrogens (tertiary/aromatic N) is 1. The van der Waals surface area contributed by atoms with E-state index in [1.807, 2.05) is 6.92 Å². The molecular formula is C6H15Cl2NO. The number of aliphatic hydroxyl groups is 1. The van der Waals surface area contributed by atoms with Gasteiger partial charge in [0.2, 0.25) is 0 Å². The highest BCUT2D eigenvalue weighted by Gasteiger charge is 2.23. The maximum atomic E-state index is 9.28. The van der Waals surface area contributed by atoms with Gasteiger partial charge < -0.3 is 5.11 Å². The van der Waals surface area contributed by atoms with Crippen molar-refractivity contribution >= 4 is 24.0 Å². The minimum atomic E-state index is -1.14. The van der Waals surface area contributed by atoms with E-state index in [0.29, 0.717) is 6.42 Å². The van der Waals surface area contributed by atoms with Gasteiger partial charge in [0.15, 0.2) is 5.18 Å². The van der Waals surface area contributed by atoms with Crippen molar-refractivity contribution in [3.8, 4) is 0 Å². The molecule has 0 aromatic rings. The lowest BCUT2D eigenvalue weighted by Gasteiger charge is -2.27. The van der Waals surface area contributed by atoms with E-state index >= 15 is 0 Å². The van der Waals surface area contributed by atoms with E-state index in [4.69, 9.17) is 11.6 Å². The van der Waals surface area contributed by atoms with Crippen LogP contribution in [0.4, 0.5) is 0 Å².